The summed E-state index contributed by atoms with van der Waals surface area (Å²) in [5.74, 6) is 2.13. The van der Waals surface area contributed by atoms with Crippen molar-refractivity contribution in [3.05, 3.63) is 66.1 Å². The largest absolute Gasteiger partial charge is 0.356 e. The summed E-state index contributed by atoms with van der Waals surface area (Å²) < 4.78 is 0. The molecule has 1 aromatic carbocycles. The Morgan fingerprint density at radius 1 is 1.16 bits per heavy atom. The van der Waals surface area contributed by atoms with Gasteiger partial charge < -0.3 is 15.1 Å². The Hall–Kier alpha value is -3.33. The lowest BCUT2D eigenvalue weighted by molar-refractivity contribution is 0.107. The number of nitrogens with zero attached hydrogens (tertiary/aromatic N) is 2. The van der Waals surface area contributed by atoms with Gasteiger partial charge in [-0.05, 0) is 37.0 Å². The van der Waals surface area contributed by atoms with Crippen LogP contribution in [0.15, 0.2) is 54.9 Å². The highest BCUT2D eigenvalue weighted by Crippen LogP contribution is 2.38. The van der Waals surface area contributed by atoms with E-state index in [1.165, 1.54) is 0 Å². The first-order valence-corrected chi connectivity index (χ1v) is 8.19. The number of fused-ring (bicyclic) bond motifs is 1. The van der Waals surface area contributed by atoms with E-state index in [4.69, 9.17) is 0 Å². The second kappa shape index (κ2) is 6.29. The molecule has 0 atom stereocenters. The predicted molar refractivity (Wildman–Crippen MR) is 98.0 cm³/mol. The number of nitrogens with one attached hydrogen (secondary N) is 2. The molecule has 0 fully saturated rings. The van der Waals surface area contributed by atoms with E-state index in [1.807, 2.05) is 42.5 Å². The van der Waals surface area contributed by atoms with Gasteiger partial charge in [0.15, 0.2) is 0 Å². The molecule has 6 heteroatoms. The topological polar surface area (TPSA) is 81.6 Å². The Balaban J connectivity index is 1.88. The highest BCUT2D eigenvalue weighted by atomic mass is 16.1. The second-order valence-corrected chi connectivity index (χ2v) is 6.04. The Labute approximate surface area is 145 Å². The van der Waals surface area contributed by atoms with Crippen LogP contribution in [0.2, 0.25) is 6.32 Å². The number of hydrogen-bond donors (Lipinski definition) is 2. The zero-order chi connectivity index (χ0) is 17.2. The third kappa shape index (κ3) is 2.70. The third-order valence-electron chi connectivity index (χ3n) is 4.49. The van der Waals surface area contributed by atoms with Gasteiger partial charge in [0.05, 0.1) is 16.9 Å². The molecule has 0 saturated carbocycles. The van der Waals surface area contributed by atoms with Crippen LogP contribution in [0, 0.1) is 11.2 Å². The van der Waals surface area contributed by atoms with Crippen molar-refractivity contribution in [2.75, 3.05) is 5.32 Å². The van der Waals surface area contributed by atoms with Crippen LogP contribution < -0.4 is 5.32 Å². The van der Waals surface area contributed by atoms with Crippen LogP contribution in [0.3, 0.4) is 0 Å². The molecule has 1 aliphatic heterocycles. The molecule has 3 heterocycles. The number of H-pyrrole nitrogens is 1. The number of hydrogen-bond acceptors (Lipinski definition) is 4. The summed E-state index contributed by atoms with van der Waals surface area (Å²) in [6.07, 6.45) is 4.69. The summed E-state index contributed by atoms with van der Waals surface area (Å²) in [7, 11) is 0. The normalized spacial score (nSPS) is 13.2. The van der Waals surface area contributed by atoms with E-state index in [9.17, 15) is 10.1 Å². The van der Waals surface area contributed by atoms with E-state index >= 15 is 0 Å². The van der Waals surface area contributed by atoms with Crippen LogP contribution in [0.5, 0.6) is 0 Å². The number of aromatic amines is 1. The molecular weight excluding hydrogens is 311 g/mol. The van der Waals surface area contributed by atoms with Crippen molar-refractivity contribution in [3.63, 3.8) is 0 Å². The van der Waals surface area contributed by atoms with Crippen molar-refractivity contribution in [3.8, 4) is 17.2 Å². The van der Waals surface area contributed by atoms with E-state index in [-0.39, 0.29) is 5.68 Å². The number of para-hydroxylation sites is 1. The van der Waals surface area contributed by atoms with Crippen molar-refractivity contribution in [1.82, 2.24) is 9.97 Å². The van der Waals surface area contributed by atoms with E-state index < -0.39 is 6.71 Å². The van der Waals surface area contributed by atoms with Crippen LogP contribution in [0.4, 0.5) is 11.4 Å². The first kappa shape index (κ1) is 15.2. The Kier molecular flexibility index (Phi) is 3.83. The Morgan fingerprint density at radius 2 is 1.92 bits per heavy atom. The summed E-state index contributed by atoms with van der Waals surface area (Å²) >= 11 is 0. The van der Waals surface area contributed by atoms with Crippen molar-refractivity contribution >= 4 is 23.8 Å². The fourth-order valence-corrected chi connectivity index (χ4v) is 3.25. The monoisotopic (exact) mass is 326 g/mol. The zero-order valence-corrected chi connectivity index (χ0v) is 13.5. The molecule has 1 aliphatic rings. The molecule has 0 radical (unpaired) electrons. The van der Waals surface area contributed by atoms with E-state index in [2.05, 4.69) is 21.3 Å². The Bertz CT molecular complexity index is 960. The van der Waals surface area contributed by atoms with Crippen LogP contribution in [0.25, 0.3) is 11.3 Å². The number of rotatable bonds is 3. The van der Waals surface area contributed by atoms with Gasteiger partial charge in [-0.2, -0.15) is 0 Å². The minimum absolute atomic E-state index is 0.112. The smallest absolute Gasteiger partial charge is 0.351 e. The summed E-state index contributed by atoms with van der Waals surface area (Å²) in [6.45, 7) is -0.579. The van der Waals surface area contributed by atoms with E-state index in [0.29, 0.717) is 18.3 Å². The maximum atomic E-state index is 12.8. The molecule has 4 rings (SSSR count). The highest BCUT2D eigenvalue weighted by Gasteiger charge is 2.36. The number of aromatic nitrogens is 2. The quantitative estimate of drug-likeness (QED) is 0.720. The third-order valence-corrected chi connectivity index (χ3v) is 4.49. The van der Waals surface area contributed by atoms with Crippen molar-refractivity contribution in [2.45, 2.75) is 12.7 Å². The fourth-order valence-electron chi connectivity index (χ4n) is 3.25. The number of anilines is 2. The average molecular weight is 326 g/mol. The zero-order valence-electron chi connectivity index (χ0n) is 13.5. The van der Waals surface area contributed by atoms with Gasteiger partial charge in [0.1, 0.15) is 5.68 Å². The number of nitriles is 1. The summed E-state index contributed by atoms with van der Waals surface area (Å²) in [4.78, 5) is 20.3. The average Bonchev–Trinajstić information content (AvgIpc) is 3.03. The highest BCUT2D eigenvalue weighted by molar-refractivity contribution is 6.98. The fraction of sp³-hybridized carbons (Fsp3) is 0.105. The molecule has 25 heavy (non-hydrogen) atoms. The number of pyridine rings is 1. The first-order valence-electron chi connectivity index (χ1n) is 8.19. The molecule has 0 aliphatic carbocycles. The van der Waals surface area contributed by atoms with Crippen molar-refractivity contribution < 1.29 is 4.79 Å². The molecular formula is C19H15BN4O. The summed E-state index contributed by atoms with van der Waals surface area (Å²) in [6, 6.07) is 13.5. The molecule has 0 bridgehead atoms. The standard InChI is InChI=1S/C19H15BN4O/c21-12-20-9-6-15-16(19(20)25)18(23-14-4-2-1-3-5-14)17(24-15)13-7-10-22-11-8-13/h1-5,7-8,10-11,23-24H,6,9H2. The summed E-state index contributed by atoms with van der Waals surface area (Å²) in [5.41, 5.74) is 4.81. The van der Waals surface area contributed by atoms with Gasteiger partial charge in [0, 0.05) is 35.3 Å². The number of carbonyl (C=O) groups is 1. The van der Waals surface area contributed by atoms with Gasteiger partial charge in [0.25, 0.3) is 0 Å². The van der Waals surface area contributed by atoms with Crippen LogP contribution in [-0.2, 0) is 6.42 Å². The van der Waals surface area contributed by atoms with Crippen LogP contribution >= 0.6 is 0 Å². The lowest BCUT2D eigenvalue weighted by Gasteiger charge is -2.15. The van der Waals surface area contributed by atoms with Crippen LogP contribution in [-0.4, -0.2) is 22.4 Å². The molecule has 0 saturated heterocycles. The van der Waals surface area contributed by atoms with E-state index in [0.717, 1.165) is 28.3 Å². The lowest BCUT2D eigenvalue weighted by Crippen LogP contribution is -2.30. The minimum atomic E-state index is -0.579. The second-order valence-electron chi connectivity index (χ2n) is 6.04. The molecule has 2 N–H and O–H groups in total. The van der Waals surface area contributed by atoms with Crippen LogP contribution in [0.1, 0.15) is 16.1 Å². The maximum Gasteiger partial charge on any atom is 0.351 e. The number of benzene rings is 1. The maximum absolute atomic E-state index is 12.8. The molecule has 3 aromatic rings. The lowest BCUT2D eigenvalue weighted by atomic mass is 9.41. The number of carbonyl (C=O) groups excluding carboxylic acids is 1. The summed E-state index contributed by atoms with van der Waals surface area (Å²) in [5, 5.41) is 12.7. The van der Waals surface area contributed by atoms with Gasteiger partial charge in [-0.3, -0.25) is 4.98 Å². The molecule has 0 spiro atoms. The van der Waals surface area contributed by atoms with Gasteiger partial charge in [-0.1, -0.05) is 18.2 Å². The number of aryl methyl sites for hydroxylation is 1. The van der Waals surface area contributed by atoms with E-state index in [1.54, 1.807) is 12.4 Å². The van der Waals surface area contributed by atoms with Gasteiger partial charge in [-0.25, -0.2) is 5.26 Å². The van der Waals surface area contributed by atoms with Crippen molar-refractivity contribution in [1.29, 1.82) is 5.26 Å². The predicted octanol–water partition coefficient (Wildman–Crippen LogP) is 3.66. The minimum Gasteiger partial charge on any atom is -0.356 e. The SMILES string of the molecule is N#CB1CCc2[nH]c(-c3ccncc3)c(Nc3ccccc3)c2C1=O. The molecule has 0 unspecified atom stereocenters. The first-order chi connectivity index (χ1) is 12.3. The molecule has 0 amide bonds. The molecule has 5 nitrogen and oxygen atoms in total. The van der Waals surface area contributed by atoms with Crippen molar-refractivity contribution in [2.24, 2.45) is 0 Å². The molecule has 120 valence electrons. The van der Waals surface area contributed by atoms with Gasteiger partial charge in [0.2, 0.25) is 0 Å². The molecule has 2 aromatic heterocycles. The van der Waals surface area contributed by atoms with Gasteiger partial charge in [-0.15, -0.1) is 0 Å². The van der Waals surface area contributed by atoms with Gasteiger partial charge >= 0.3 is 6.71 Å². The Morgan fingerprint density at radius 3 is 2.64 bits per heavy atom.